The lowest BCUT2D eigenvalue weighted by molar-refractivity contribution is -0.118. The minimum atomic E-state index is -3.61. The summed E-state index contributed by atoms with van der Waals surface area (Å²) in [6.07, 6.45) is 0. The number of sulfonamides is 1. The lowest BCUT2D eigenvalue weighted by Crippen LogP contribution is -2.40. The largest absolute Gasteiger partial charge is 0.484 e. The molecular weight excluding hydrogens is 460 g/mol. The number of hydrogen-bond acceptors (Lipinski definition) is 6. The molecule has 10 nitrogen and oxygen atoms in total. The fourth-order valence-electron chi connectivity index (χ4n) is 3.68. The highest BCUT2D eigenvalue weighted by atomic mass is 32.2. The van der Waals surface area contributed by atoms with Gasteiger partial charge in [0, 0.05) is 20.1 Å². The van der Waals surface area contributed by atoms with Crippen molar-refractivity contribution in [3.63, 3.8) is 0 Å². The molecule has 3 aromatic rings. The number of benzene rings is 2. The number of anilines is 1. The van der Waals surface area contributed by atoms with Crippen LogP contribution in [0.15, 0.2) is 64.3 Å². The molecule has 34 heavy (non-hydrogen) atoms. The second-order valence-electron chi connectivity index (χ2n) is 7.76. The number of carbonyl (C=O) groups excluding carboxylic acids is 1. The minimum absolute atomic E-state index is 0.146. The van der Waals surface area contributed by atoms with Gasteiger partial charge in [0.2, 0.25) is 10.0 Å². The molecule has 1 amide bonds. The minimum Gasteiger partial charge on any atom is -0.484 e. The Kier molecular flexibility index (Phi) is 6.87. The molecule has 1 aliphatic rings. The lowest BCUT2D eigenvalue weighted by Gasteiger charge is -2.26. The number of ether oxygens (including phenoxy) is 2. The van der Waals surface area contributed by atoms with E-state index in [0.717, 1.165) is 0 Å². The summed E-state index contributed by atoms with van der Waals surface area (Å²) in [5.74, 6) is -0.168. The zero-order valence-corrected chi connectivity index (χ0v) is 19.7. The monoisotopic (exact) mass is 486 g/mol. The SMILES string of the molecule is Cc1c(NC(=O)COc2ccc(S(=O)(=O)N3CCOCC3)cc2)c(=O)n(-c2ccccc2)n1C. The summed E-state index contributed by atoms with van der Waals surface area (Å²) in [5, 5.41) is 2.63. The summed E-state index contributed by atoms with van der Waals surface area (Å²) in [5.41, 5.74) is 1.10. The van der Waals surface area contributed by atoms with Gasteiger partial charge >= 0.3 is 0 Å². The maximum absolute atomic E-state index is 12.9. The van der Waals surface area contributed by atoms with E-state index < -0.39 is 15.9 Å². The molecule has 0 bridgehead atoms. The Morgan fingerprint density at radius 2 is 1.71 bits per heavy atom. The number of amides is 1. The van der Waals surface area contributed by atoms with E-state index in [9.17, 15) is 18.0 Å². The second kappa shape index (κ2) is 9.84. The Labute approximate surface area is 197 Å². The number of hydrogen-bond donors (Lipinski definition) is 1. The fourth-order valence-corrected chi connectivity index (χ4v) is 5.09. The zero-order chi connectivity index (χ0) is 24.3. The van der Waals surface area contributed by atoms with Crippen molar-refractivity contribution < 1.29 is 22.7 Å². The van der Waals surface area contributed by atoms with Gasteiger partial charge in [-0.2, -0.15) is 4.31 Å². The van der Waals surface area contributed by atoms with E-state index in [1.54, 1.807) is 30.8 Å². The van der Waals surface area contributed by atoms with Gasteiger partial charge in [-0.1, -0.05) is 18.2 Å². The number of rotatable bonds is 7. The summed E-state index contributed by atoms with van der Waals surface area (Å²) >= 11 is 0. The van der Waals surface area contributed by atoms with Crippen molar-refractivity contribution in [2.45, 2.75) is 11.8 Å². The summed E-state index contributed by atoms with van der Waals surface area (Å²) in [7, 11) is -1.87. The number of para-hydroxylation sites is 1. The van der Waals surface area contributed by atoms with E-state index in [1.165, 1.54) is 33.3 Å². The second-order valence-corrected chi connectivity index (χ2v) is 9.70. The van der Waals surface area contributed by atoms with Crippen molar-refractivity contribution >= 4 is 21.6 Å². The zero-order valence-electron chi connectivity index (χ0n) is 18.9. The van der Waals surface area contributed by atoms with Crippen molar-refractivity contribution in [1.29, 1.82) is 0 Å². The van der Waals surface area contributed by atoms with Crippen molar-refractivity contribution in [3.8, 4) is 11.4 Å². The van der Waals surface area contributed by atoms with Crippen LogP contribution in [-0.2, 0) is 26.6 Å². The molecule has 0 atom stereocenters. The number of aromatic nitrogens is 2. The summed E-state index contributed by atoms with van der Waals surface area (Å²) in [6.45, 7) is 2.76. The van der Waals surface area contributed by atoms with Crippen molar-refractivity contribution in [3.05, 3.63) is 70.6 Å². The summed E-state index contributed by atoms with van der Waals surface area (Å²) < 4.78 is 40.6. The first-order valence-electron chi connectivity index (χ1n) is 10.7. The highest BCUT2D eigenvalue weighted by Crippen LogP contribution is 2.21. The van der Waals surface area contributed by atoms with Crippen LogP contribution in [0.5, 0.6) is 5.75 Å². The van der Waals surface area contributed by atoms with Gasteiger partial charge in [0.15, 0.2) is 6.61 Å². The molecule has 1 N–H and O–H groups in total. The fraction of sp³-hybridized carbons (Fsp3) is 0.304. The van der Waals surface area contributed by atoms with Crippen molar-refractivity contribution in [1.82, 2.24) is 13.7 Å². The maximum Gasteiger partial charge on any atom is 0.295 e. The molecular formula is C23H26N4O6S. The highest BCUT2D eigenvalue weighted by Gasteiger charge is 2.26. The van der Waals surface area contributed by atoms with Crippen LogP contribution in [0.3, 0.4) is 0 Å². The maximum atomic E-state index is 12.9. The van der Waals surface area contributed by atoms with Gasteiger partial charge < -0.3 is 14.8 Å². The normalized spacial score (nSPS) is 14.6. The molecule has 2 heterocycles. The van der Waals surface area contributed by atoms with Crippen LogP contribution in [0.1, 0.15) is 5.69 Å². The molecule has 0 unspecified atom stereocenters. The lowest BCUT2D eigenvalue weighted by atomic mass is 10.3. The van der Waals surface area contributed by atoms with Crippen LogP contribution in [0.25, 0.3) is 5.69 Å². The first-order valence-corrected chi connectivity index (χ1v) is 12.2. The highest BCUT2D eigenvalue weighted by molar-refractivity contribution is 7.89. The molecule has 180 valence electrons. The van der Waals surface area contributed by atoms with Gasteiger partial charge in [0.1, 0.15) is 11.4 Å². The summed E-state index contributed by atoms with van der Waals surface area (Å²) in [6, 6.07) is 15.0. The molecule has 4 rings (SSSR count). The molecule has 0 saturated carbocycles. The topological polar surface area (TPSA) is 112 Å². The van der Waals surface area contributed by atoms with E-state index in [4.69, 9.17) is 9.47 Å². The Bertz CT molecular complexity index is 1320. The average molecular weight is 487 g/mol. The van der Waals surface area contributed by atoms with Crippen LogP contribution in [0.4, 0.5) is 5.69 Å². The van der Waals surface area contributed by atoms with Crippen molar-refractivity contribution in [2.24, 2.45) is 7.05 Å². The molecule has 1 aliphatic heterocycles. The first kappa shape index (κ1) is 23.7. The average Bonchev–Trinajstić information content (AvgIpc) is 3.07. The van der Waals surface area contributed by atoms with Crippen LogP contribution >= 0.6 is 0 Å². The number of nitrogens with one attached hydrogen (secondary N) is 1. The van der Waals surface area contributed by atoms with E-state index in [1.807, 2.05) is 18.2 Å². The van der Waals surface area contributed by atoms with Crippen LogP contribution in [0, 0.1) is 6.92 Å². The van der Waals surface area contributed by atoms with Gasteiger partial charge in [-0.15, -0.1) is 0 Å². The Morgan fingerprint density at radius 3 is 2.35 bits per heavy atom. The molecule has 1 saturated heterocycles. The van der Waals surface area contributed by atoms with Crippen LogP contribution < -0.4 is 15.6 Å². The molecule has 2 aromatic carbocycles. The number of carbonyl (C=O) groups is 1. The number of nitrogens with zero attached hydrogens (tertiary/aromatic N) is 3. The third-order valence-corrected chi connectivity index (χ3v) is 7.53. The molecule has 11 heteroatoms. The molecule has 0 radical (unpaired) electrons. The van der Waals surface area contributed by atoms with Gasteiger partial charge in [-0.05, 0) is 43.3 Å². The predicted molar refractivity (Wildman–Crippen MR) is 126 cm³/mol. The van der Waals surface area contributed by atoms with Gasteiger partial charge in [-0.25, -0.2) is 13.1 Å². The smallest absolute Gasteiger partial charge is 0.295 e. The Hall–Kier alpha value is -3.41. The Balaban J connectivity index is 1.41. The van der Waals surface area contributed by atoms with Gasteiger partial charge in [0.25, 0.3) is 11.5 Å². The van der Waals surface area contributed by atoms with E-state index in [-0.39, 0.29) is 22.7 Å². The van der Waals surface area contributed by atoms with Crippen LogP contribution in [-0.4, -0.2) is 60.9 Å². The molecule has 0 spiro atoms. The Morgan fingerprint density at radius 1 is 1.06 bits per heavy atom. The first-order chi connectivity index (χ1) is 16.3. The van der Waals surface area contributed by atoms with Gasteiger partial charge in [-0.3, -0.25) is 14.3 Å². The van der Waals surface area contributed by atoms with Crippen molar-refractivity contribution in [2.75, 3.05) is 38.2 Å². The van der Waals surface area contributed by atoms with E-state index in [0.29, 0.717) is 43.4 Å². The van der Waals surface area contributed by atoms with Crippen LogP contribution in [0.2, 0.25) is 0 Å². The quantitative estimate of drug-likeness (QED) is 0.542. The van der Waals surface area contributed by atoms with Gasteiger partial charge in [0.05, 0.1) is 29.5 Å². The third-order valence-electron chi connectivity index (χ3n) is 5.62. The molecule has 0 aliphatic carbocycles. The van der Waals surface area contributed by atoms with E-state index in [2.05, 4.69) is 5.32 Å². The molecule has 1 fully saturated rings. The molecule has 1 aromatic heterocycles. The summed E-state index contributed by atoms with van der Waals surface area (Å²) in [4.78, 5) is 25.5. The third kappa shape index (κ3) is 4.76. The predicted octanol–water partition coefficient (Wildman–Crippen LogP) is 1.52. The standard InChI is InChI=1S/C23H26N4O6S/c1-17-22(23(29)27(25(17)2)18-6-4-3-5-7-18)24-21(28)16-33-19-8-10-20(11-9-19)34(30,31)26-12-14-32-15-13-26/h3-11H,12-16H2,1-2H3,(H,24,28). The van der Waals surface area contributed by atoms with E-state index >= 15 is 0 Å². The number of morpholine rings is 1.